The zero-order valence-electron chi connectivity index (χ0n) is 19.0. The quantitative estimate of drug-likeness (QED) is 0.538. The van der Waals surface area contributed by atoms with Crippen molar-refractivity contribution >= 4 is 12.3 Å². The Morgan fingerprint density at radius 3 is 2.48 bits per heavy atom. The highest BCUT2D eigenvalue weighted by molar-refractivity contribution is 5.87. The van der Waals surface area contributed by atoms with Gasteiger partial charge in [0.05, 0.1) is 25.7 Å². The van der Waals surface area contributed by atoms with Crippen LogP contribution in [0.2, 0.25) is 0 Å². The fraction of sp³-hybridized carbons (Fsp3) is 0.250. The summed E-state index contributed by atoms with van der Waals surface area (Å²) in [7, 11) is 5.48. The number of likely N-dealkylation sites (N-methyl/N-ethyl adjacent to an activating group) is 1. The van der Waals surface area contributed by atoms with Gasteiger partial charge in [-0.05, 0) is 34.9 Å². The van der Waals surface area contributed by atoms with E-state index in [2.05, 4.69) is 72.5 Å². The molecule has 2 atom stereocenters. The number of nitrogens with zero attached hydrogens (tertiary/aromatic N) is 1. The second kappa shape index (κ2) is 7.69. The number of benzene rings is 3. The molecule has 3 aliphatic rings. The Kier molecular flexibility index (Phi) is 4.64. The largest absolute Gasteiger partial charge is 0.493 e. The third kappa shape index (κ3) is 3.10. The monoisotopic (exact) mass is 440 g/mol. The maximum absolute atomic E-state index is 6.00. The van der Waals surface area contributed by atoms with Crippen molar-refractivity contribution in [1.29, 1.82) is 0 Å². The van der Waals surface area contributed by atoms with Crippen molar-refractivity contribution in [2.45, 2.75) is 18.4 Å². The number of hydrogen-bond donors (Lipinski definition) is 0. The van der Waals surface area contributed by atoms with E-state index in [1.165, 1.54) is 16.7 Å². The molecule has 0 saturated carbocycles. The van der Waals surface area contributed by atoms with Gasteiger partial charge in [-0.25, -0.2) is 4.58 Å². The molecule has 5 nitrogen and oxygen atoms in total. The summed E-state index contributed by atoms with van der Waals surface area (Å²) >= 11 is 0. The Morgan fingerprint density at radius 2 is 1.70 bits per heavy atom. The van der Waals surface area contributed by atoms with Gasteiger partial charge in [-0.2, -0.15) is 0 Å². The Labute approximate surface area is 193 Å². The van der Waals surface area contributed by atoms with Crippen molar-refractivity contribution in [3.8, 4) is 23.0 Å². The molecule has 0 saturated heterocycles. The molecule has 0 N–H and O–H groups in total. The van der Waals surface area contributed by atoms with E-state index < -0.39 is 0 Å². The smallest absolute Gasteiger partial charge is 0.231 e. The average molecular weight is 441 g/mol. The molecular weight excluding hydrogens is 414 g/mol. The summed E-state index contributed by atoms with van der Waals surface area (Å²) in [4.78, 5) is 0. The van der Waals surface area contributed by atoms with Crippen molar-refractivity contribution in [2.75, 3.05) is 28.1 Å². The summed E-state index contributed by atoms with van der Waals surface area (Å²) in [6.45, 7) is 0.259. The standard InChI is InChI=1S/C28H26NO4/c1-29-15-23-22(12-19(27-28(23)33-16-32-27)11-17-7-5-4-6-8-17)20-10-9-18-13-24(30-2)25(31-3)14-21(18)26(20)29/h4-10,12-15,20,26H,11,16H2,1-3H3/q+1. The molecule has 3 aromatic carbocycles. The van der Waals surface area contributed by atoms with Crippen LogP contribution >= 0.6 is 0 Å². The van der Waals surface area contributed by atoms with E-state index in [1.807, 2.05) is 6.07 Å². The second-order valence-corrected chi connectivity index (χ2v) is 8.73. The van der Waals surface area contributed by atoms with Gasteiger partial charge in [-0.3, -0.25) is 0 Å². The topological polar surface area (TPSA) is 39.9 Å². The lowest BCUT2D eigenvalue weighted by Crippen LogP contribution is -2.30. The first-order valence-corrected chi connectivity index (χ1v) is 11.2. The zero-order chi connectivity index (χ0) is 22.5. The van der Waals surface area contributed by atoms with Crippen LogP contribution in [0.1, 0.15) is 45.3 Å². The van der Waals surface area contributed by atoms with Crippen molar-refractivity contribution in [3.63, 3.8) is 0 Å². The lowest BCUT2D eigenvalue weighted by atomic mass is 9.76. The molecule has 5 heteroatoms. The van der Waals surface area contributed by atoms with Crippen LogP contribution in [0.15, 0.2) is 54.6 Å². The minimum absolute atomic E-state index is 0.155. The molecule has 0 fully saturated rings. The van der Waals surface area contributed by atoms with Crippen LogP contribution in [0.5, 0.6) is 23.0 Å². The van der Waals surface area contributed by atoms with Gasteiger partial charge in [0.1, 0.15) is 7.05 Å². The molecule has 2 aliphatic heterocycles. The predicted molar refractivity (Wildman–Crippen MR) is 127 cm³/mol. The van der Waals surface area contributed by atoms with Crippen molar-refractivity contribution in [1.82, 2.24) is 0 Å². The van der Waals surface area contributed by atoms with E-state index in [1.54, 1.807) is 14.2 Å². The molecule has 1 aliphatic carbocycles. The van der Waals surface area contributed by atoms with Crippen LogP contribution in [0, 0.1) is 0 Å². The second-order valence-electron chi connectivity index (χ2n) is 8.73. The van der Waals surface area contributed by atoms with Crippen molar-refractivity contribution in [2.24, 2.45) is 0 Å². The third-order valence-corrected chi connectivity index (χ3v) is 6.89. The van der Waals surface area contributed by atoms with Gasteiger partial charge in [0.25, 0.3) is 0 Å². The Bertz CT molecular complexity index is 1310. The van der Waals surface area contributed by atoms with E-state index in [0.29, 0.717) is 0 Å². The van der Waals surface area contributed by atoms with E-state index >= 15 is 0 Å². The maximum Gasteiger partial charge on any atom is 0.231 e. The number of rotatable bonds is 4. The molecule has 6 rings (SSSR count). The Hall–Kier alpha value is -3.73. The maximum atomic E-state index is 6.00. The van der Waals surface area contributed by atoms with Crippen LogP contribution in [0.25, 0.3) is 6.08 Å². The molecule has 33 heavy (non-hydrogen) atoms. The SMILES string of the molecule is COc1cc2c(cc1OC)C1C(C=C2)c2cc(Cc3ccccc3)c3c(c2C=[N+]1C)OCO3. The first kappa shape index (κ1) is 19.9. The highest BCUT2D eigenvalue weighted by Gasteiger charge is 2.42. The van der Waals surface area contributed by atoms with Gasteiger partial charge in [0.2, 0.25) is 6.79 Å². The lowest BCUT2D eigenvalue weighted by molar-refractivity contribution is -0.544. The molecule has 0 aromatic heterocycles. The number of fused-ring (bicyclic) bond motifs is 7. The van der Waals surface area contributed by atoms with Crippen LogP contribution < -0.4 is 18.9 Å². The summed E-state index contributed by atoms with van der Waals surface area (Å²) in [5.41, 5.74) is 7.18. The summed E-state index contributed by atoms with van der Waals surface area (Å²) in [5.74, 6) is 3.41. The summed E-state index contributed by atoms with van der Waals surface area (Å²) in [6.07, 6.45) is 7.49. The van der Waals surface area contributed by atoms with Crippen LogP contribution in [-0.4, -0.2) is 38.9 Å². The molecule has 0 spiro atoms. The summed E-state index contributed by atoms with van der Waals surface area (Å²) in [6, 6.07) is 17.1. The van der Waals surface area contributed by atoms with E-state index in [-0.39, 0.29) is 18.8 Å². The van der Waals surface area contributed by atoms with Crippen LogP contribution in [0.4, 0.5) is 0 Å². The summed E-state index contributed by atoms with van der Waals surface area (Å²) < 4.78 is 25.4. The molecule has 0 radical (unpaired) electrons. The minimum atomic E-state index is 0.155. The first-order chi connectivity index (χ1) is 16.2. The van der Waals surface area contributed by atoms with Gasteiger partial charge in [0.15, 0.2) is 35.3 Å². The number of methoxy groups -OCH3 is 2. The highest BCUT2D eigenvalue weighted by atomic mass is 16.7. The molecule has 0 amide bonds. The third-order valence-electron chi connectivity index (χ3n) is 6.89. The molecule has 2 unspecified atom stereocenters. The summed E-state index contributed by atoms with van der Waals surface area (Å²) in [5, 5.41) is 0. The lowest BCUT2D eigenvalue weighted by Gasteiger charge is -2.32. The first-order valence-electron chi connectivity index (χ1n) is 11.2. The normalized spacial score (nSPS) is 19.3. The van der Waals surface area contributed by atoms with E-state index in [4.69, 9.17) is 18.9 Å². The van der Waals surface area contributed by atoms with Crippen molar-refractivity contribution < 1.29 is 23.5 Å². The molecular formula is C28H26NO4+. The van der Waals surface area contributed by atoms with Gasteiger partial charge < -0.3 is 18.9 Å². The predicted octanol–water partition coefficient (Wildman–Crippen LogP) is 4.95. The van der Waals surface area contributed by atoms with E-state index in [0.717, 1.165) is 46.1 Å². The molecule has 166 valence electrons. The van der Waals surface area contributed by atoms with Crippen molar-refractivity contribution in [3.05, 3.63) is 88.0 Å². The highest BCUT2D eigenvalue weighted by Crippen LogP contribution is 2.51. The zero-order valence-corrected chi connectivity index (χ0v) is 19.0. The molecule has 0 bridgehead atoms. The Balaban J connectivity index is 1.50. The van der Waals surface area contributed by atoms with Gasteiger partial charge in [-0.1, -0.05) is 42.5 Å². The fourth-order valence-corrected chi connectivity index (χ4v) is 5.38. The number of ether oxygens (including phenoxy) is 4. The van der Waals surface area contributed by atoms with E-state index in [9.17, 15) is 0 Å². The Morgan fingerprint density at radius 1 is 0.939 bits per heavy atom. The average Bonchev–Trinajstić information content (AvgIpc) is 3.35. The van der Waals surface area contributed by atoms with Crippen LogP contribution in [-0.2, 0) is 6.42 Å². The van der Waals surface area contributed by atoms with Crippen LogP contribution in [0.3, 0.4) is 0 Å². The van der Waals surface area contributed by atoms with Gasteiger partial charge >= 0.3 is 0 Å². The molecule has 3 aromatic rings. The number of hydrogen-bond acceptors (Lipinski definition) is 4. The van der Waals surface area contributed by atoms with Gasteiger partial charge in [-0.15, -0.1) is 0 Å². The fourth-order valence-electron chi connectivity index (χ4n) is 5.38. The van der Waals surface area contributed by atoms with Gasteiger partial charge in [0, 0.05) is 17.5 Å². The molecule has 2 heterocycles. The minimum Gasteiger partial charge on any atom is -0.493 e.